The molecule has 7 heteroatoms. The summed E-state index contributed by atoms with van der Waals surface area (Å²) in [5.74, 6) is -0.0107. The van der Waals surface area contributed by atoms with Crippen molar-refractivity contribution in [3.63, 3.8) is 0 Å². The number of piperidine rings is 1. The van der Waals surface area contributed by atoms with Crippen molar-refractivity contribution in [2.24, 2.45) is 0 Å². The third kappa shape index (κ3) is 3.13. The van der Waals surface area contributed by atoms with Crippen LogP contribution in [0.4, 0.5) is 0 Å². The number of amides is 1. The summed E-state index contributed by atoms with van der Waals surface area (Å²) in [6.45, 7) is 0.314. The fraction of sp³-hybridized carbons (Fsp3) is 0.643. The van der Waals surface area contributed by atoms with Crippen molar-refractivity contribution in [1.29, 1.82) is 0 Å². The number of aromatic nitrogens is 1. The summed E-state index contributed by atoms with van der Waals surface area (Å²) in [4.78, 5) is 12.0. The number of hydrogen-bond donors (Lipinski definition) is 1. The lowest BCUT2D eigenvalue weighted by Gasteiger charge is -2.37. The van der Waals surface area contributed by atoms with Gasteiger partial charge in [-0.3, -0.25) is 4.79 Å². The topological polar surface area (TPSA) is 71.4 Å². The average molecular weight is 311 g/mol. The molecule has 2 unspecified atom stereocenters. The van der Waals surface area contributed by atoms with Gasteiger partial charge < -0.3 is 9.88 Å². The van der Waals surface area contributed by atoms with Crippen molar-refractivity contribution < 1.29 is 13.2 Å². The van der Waals surface area contributed by atoms with E-state index < -0.39 is 10.0 Å². The molecule has 0 aromatic carbocycles. The van der Waals surface area contributed by atoms with E-state index in [2.05, 4.69) is 5.32 Å². The highest BCUT2D eigenvalue weighted by Gasteiger charge is 2.45. The van der Waals surface area contributed by atoms with Gasteiger partial charge in [0.2, 0.25) is 15.9 Å². The van der Waals surface area contributed by atoms with Crippen LogP contribution in [-0.2, 0) is 21.4 Å². The summed E-state index contributed by atoms with van der Waals surface area (Å²) in [6, 6.07) is 3.96. The maximum Gasteiger partial charge on any atom is 0.240 e. The van der Waals surface area contributed by atoms with Crippen LogP contribution in [-0.4, -0.2) is 47.6 Å². The van der Waals surface area contributed by atoms with Crippen LogP contribution in [0.2, 0.25) is 0 Å². The van der Waals surface area contributed by atoms with Gasteiger partial charge in [-0.15, -0.1) is 0 Å². The molecule has 21 heavy (non-hydrogen) atoms. The van der Waals surface area contributed by atoms with E-state index in [1.807, 2.05) is 29.1 Å². The standard InChI is InChI=1S/C14H21N3O3S/c1-21(19,20)17-12-4-5-13(17)9-11(8-12)15-14(18)10-16-6-2-3-7-16/h2-3,6-7,11-13H,4-5,8-10H2,1H3,(H,15,18). The summed E-state index contributed by atoms with van der Waals surface area (Å²) < 4.78 is 27.1. The van der Waals surface area contributed by atoms with E-state index in [0.717, 1.165) is 25.7 Å². The third-order valence-corrected chi connectivity index (χ3v) is 5.77. The molecule has 1 aromatic heterocycles. The average Bonchev–Trinajstić information content (AvgIpc) is 2.95. The predicted molar refractivity (Wildman–Crippen MR) is 79.1 cm³/mol. The van der Waals surface area contributed by atoms with Gasteiger partial charge in [-0.2, -0.15) is 4.31 Å². The molecule has 2 saturated heterocycles. The first-order chi connectivity index (χ1) is 9.93. The van der Waals surface area contributed by atoms with Crippen molar-refractivity contribution in [2.75, 3.05) is 6.26 Å². The van der Waals surface area contributed by atoms with E-state index in [1.165, 1.54) is 6.26 Å². The molecule has 0 spiro atoms. The molecule has 0 saturated carbocycles. The molecule has 2 aliphatic heterocycles. The molecule has 3 heterocycles. The van der Waals surface area contributed by atoms with Gasteiger partial charge in [-0.1, -0.05) is 0 Å². The maximum atomic E-state index is 12.0. The Bertz CT molecular complexity index is 597. The molecule has 0 radical (unpaired) electrons. The molecular weight excluding hydrogens is 290 g/mol. The first kappa shape index (κ1) is 14.6. The number of nitrogens with one attached hydrogen (secondary N) is 1. The molecule has 1 N–H and O–H groups in total. The smallest absolute Gasteiger partial charge is 0.240 e. The minimum atomic E-state index is -3.14. The van der Waals surface area contributed by atoms with Crippen LogP contribution >= 0.6 is 0 Å². The van der Waals surface area contributed by atoms with Crippen LogP contribution in [0.25, 0.3) is 0 Å². The van der Waals surface area contributed by atoms with Crippen LogP contribution in [0.5, 0.6) is 0 Å². The number of sulfonamides is 1. The van der Waals surface area contributed by atoms with E-state index in [0.29, 0.717) is 6.54 Å². The minimum absolute atomic E-state index is 0.0107. The number of carbonyl (C=O) groups is 1. The number of carbonyl (C=O) groups excluding carboxylic acids is 1. The van der Waals surface area contributed by atoms with Crippen LogP contribution in [0.1, 0.15) is 25.7 Å². The lowest BCUT2D eigenvalue weighted by molar-refractivity contribution is -0.122. The summed E-state index contributed by atoms with van der Waals surface area (Å²) in [7, 11) is -3.14. The molecule has 2 fully saturated rings. The van der Waals surface area contributed by atoms with Gasteiger partial charge in [0.15, 0.2) is 0 Å². The van der Waals surface area contributed by atoms with Gasteiger partial charge >= 0.3 is 0 Å². The molecule has 116 valence electrons. The monoisotopic (exact) mass is 311 g/mol. The van der Waals surface area contributed by atoms with Crippen LogP contribution in [0.3, 0.4) is 0 Å². The number of hydrogen-bond acceptors (Lipinski definition) is 3. The zero-order valence-electron chi connectivity index (χ0n) is 12.1. The van der Waals surface area contributed by atoms with Crippen molar-refractivity contribution >= 4 is 15.9 Å². The highest BCUT2D eigenvalue weighted by atomic mass is 32.2. The first-order valence-corrected chi connectivity index (χ1v) is 9.17. The second kappa shape index (κ2) is 5.46. The van der Waals surface area contributed by atoms with Crippen molar-refractivity contribution in [3.8, 4) is 0 Å². The van der Waals surface area contributed by atoms with E-state index in [-0.39, 0.29) is 24.0 Å². The molecule has 1 aromatic rings. The van der Waals surface area contributed by atoms with Crippen LogP contribution in [0, 0.1) is 0 Å². The Balaban J connectivity index is 1.59. The normalized spacial score (nSPS) is 29.5. The molecule has 2 aliphatic rings. The van der Waals surface area contributed by atoms with Gasteiger partial charge in [-0.25, -0.2) is 8.42 Å². The Morgan fingerprint density at radius 3 is 2.29 bits per heavy atom. The summed E-state index contributed by atoms with van der Waals surface area (Å²) in [6.07, 6.45) is 8.25. The molecule has 1 amide bonds. The maximum absolute atomic E-state index is 12.0. The molecule has 2 atom stereocenters. The van der Waals surface area contributed by atoms with Gasteiger partial charge in [-0.05, 0) is 37.8 Å². The molecule has 2 bridgehead atoms. The fourth-order valence-corrected chi connectivity index (χ4v) is 5.17. The lowest BCUT2D eigenvalue weighted by Crippen LogP contribution is -2.52. The highest BCUT2D eigenvalue weighted by molar-refractivity contribution is 7.88. The van der Waals surface area contributed by atoms with Gasteiger partial charge in [0.25, 0.3) is 0 Å². The van der Waals surface area contributed by atoms with Crippen molar-refractivity contribution in [1.82, 2.24) is 14.2 Å². The SMILES string of the molecule is CS(=O)(=O)N1C2CCC1CC(NC(=O)Cn1cccc1)C2. The second-order valence-electron chi connectivity index (χ2n) is 6.07. The van der Waals surface area contributed by atoms with E-state index >= 15 is 0 Å². The highest BCUT2D eigenvalue weighted by Crippen LogP contribution is 2.37. The Kier molecular flexibility index (Phi) is 3.79. The largest absolute Gasteiger partial charge is 0.352 e. The number of fused-ring (bicyclic) bond motifs is 2. The van der Waals surface area contributed by atoms with Gasteiger partial charge in [0.05, 0.1) is 6.26 Å². The first-order valence-electron chi connectivity index (χ1n) is 7.32. The van der Waals surface area contributed by atoms with Gasteiger partial charge in [0.1, 0.15) is 6.54 Å². The lowest BCUT2D eigenvalue weighted by atomic mass is 10.00. The Hall–Kier alpha value is -1.34. The van der Waals surface area contributed by atoms with E-state index in [9.17, 15) is 13.2 Å². The summed E-state index contributed by atoms with van der Waals surface area (Å²) >= 11 is 0. The zero-order valence-corrected chi connectivity index (χ0v) is 12.9. The van der Waals surface area contributed by atoms with Crippen molar-refractivity contribution in [2.45, 2.75) is 50.4 Å². The Morgan fingerprint density at radius 1 is 1.19 bits per heavy atom. The fourth-order valence-electron chi connectivity index (χ4n) is 3.71. The quantitative estimate of drug-likeness (QED) is 0.883. The summed E-state index contributed by atoms with van der Waals surface area (Å²) in [5.41, 5.74) is 0. The van der Waals surface area contributed by atoms with Gasteiger partial charge in [0, 0.05) is 30.5 Å². The summed E-state index contributed by atoms with van der Waals surface area (Å²) in [5, 5.41) is 3.05. The number of nitrogens with zero attached hydrogens (tertiary/aromatic N) is 2. The molecular formula is C14H21N3O3S. The minimum Gasteiger partial charge on any atom is -0.352 e. The third-order valence-electron chi connectivity index (χ3n) is 4.41. The number of rotatable bonds is 4. The van der Waals surface area contributed by atoms with E-state index in [4.69, 9.17) is 0 Å². The zero-order chi connectivity index (χ0) is 15.0. The second-order valence-corrected chi connectivity index (χ2v) is 7.96. The Morgan fingerprint density at radius 2 is 1.76 bits per heavy atom. The Labute approximate surface area is 125 Å². The molecule has 3 rings (SSSR count). The molecule has 6 nitrogen and oxygen atoms in total. The van der Waals surface area contributed by atoms with Crippen LogP contribution in [0.15, 0.2) is 24.5 Å². The predicted octanol–water partition coefficient (Wildman–Crippen LogP) is 0.559. The van der Waals surface area contributed by atoms with Crippen molar-refractivity contribution in [3.05, 3.63) is 24.5 Å². The van der Waals surface area contributed by atoms with E-state index in [1.54, 1.807) is 4.31 Å². The van der Waals surface area contributed by atoms with Crippen LogP contribution < -0.4 is 5.32 Å². The molecule has 0 aliphatic carbocycles.